The standard InChI is InChI=1S/C26H26ClN5O3/c1-4-17-12-18(7-8-21(17)27)30-26-20-13-23(31-25(33)6-5-10-32(2)3)24(14-22(20)28-16-29-26)35-19-9-11-34-15-19/h1,5-8,12-14,16,19H,9-11,15H2,2-3H3,(H,31,33)(H,28,29,30). The molecule has 0 radical (unpaired) electrons. The van der Waals surface area contributed by atoms with Gasteiger partial charge in [-0.3, -0.25) is 4.79 Å². The predicted molar refractivity (Wildman–Crippen MR) is 138 cm³/mol. The Kier molecular flexibility index (Phi) is 7.83. The number of benzene rings is 2. The van der Waals surface area contributed by atoms with E-state index in [0.29, 0.717) is 58.5 Å². The molecule has 2 heterocycles. The zero-order valence-electron chi connectivity index (χ0n) is 19.5. The van der Waals surface area contributed by atoms with Crippen LogP contribution in [0.3, 0.4) is 0 Å². The van der Waals surface area contributed by atoms with E-state index < -0.39 is 0 Å². The summed E-state index contributed by atoms with van der Waals surface area (Å²) in [5, 5.41) is 7.40. The first-order chi connectivity index (χ1) is 16.9. The molecule has 0 aliphatic carbocycles. The summed E-state index contributed by atoms with van der Waals surface area (Å²) >= 11 is 6.14. The van der Waals surface area contributed by atoms with Gasteiger partial charge < -0.3 is 25.0 Å². The summed E-state index contributed by atoms with van der Waals surface area (Å²) in [6, 6.07) is 8.91. The monoisotopic (exact) mass is 491 g/mol. The van der Waals surface area contributed by atoms with Crippen molar-refractivity contribution >= 4 is 45.6 Å². The highest BCUT2D eigenvalue weighted by Gasteiger charge is 2.20. The van der Waals surface area contributed by atoms with Crippen molar-refractivity contribution in [1.29, 1.82) is 0 Å². The molecule has 1 saturated heterocycles. The minimum atomic E-state index is -0.263. The molecule has 9 heteroatoms. The molecule has 3 aromatic rings. The molecule has 1 amide bonds. The number of amides is 1. The van der Waals surface area contributed by atoms with Crippen LogP contribution in [-0.4, -0.2) is 60.7 Å². The smallest absolute Gasteiger partial charge is 0.248 e. The lowest BCUT2D eigenvalue weighted by Crippen LogP contribution is -2.18. The van der Waals surface area contributed by atoms with Crippen LogP contribution in [0.5, 0.6) is 5.75 Å². The molecule has 0 bridgehead atoms. The zero-order valence-corrected chi connectivity index (χ0v) is 20.3. The first-order valence-corrected chi connectivity index (χ1v) is 11.5. The third kappa shape index (κ3) is 6.28. The van der Waals surface area contributed by atoms with Gasteiger partial charge in [-0.05, 0) is 38.4 Å². The molecule has 4 rings (SSSR count). The van der Waals surface area contributed by atoms with Gasteiger partial charge in [0, 0.05) is 41.7 Å². The summed E-state index contributed by atoms with van der Waals surface area (Å²) in [5.41, 5.74) is 2.47. The second-order valence-electron chi connectivity index (χ2n) is 8.31. The van der Waals surface area contributed by atoms with Gasteiger partial charge in [0.2, 0.25) is 5.91 Å². The van der Waals surface area contributed by atoms with E-state index in [1.165, 1.54) is 12.4 Å². The van der Waals surface area contributed by atoms with Gasteiger partial charge in [0.15, 0.2) is 0 Å². The number of terminal acetylenes is 1. The van der Waals surface area contributed by atoms with Crippen LogP contribution in [0, 0.1) is 12.3 Å². The van der Waals surface area contributed by atoms with Crippen LogP contribution in [0.15, 0.2) is 48.8 Å². The summed E-state index contributed by atoms with van der Waals surface area (Å²) in [5.74, 6) is 3.38. The van der Waals surface area contributed by atoms with E-state index in [9.17, 15) is 4.79 Å². The fraction of sp³-hybridized carbons (Fsp3) is 0.269. The molecule has 1 fully saturated rings. The number of carbonyl (C=O) groups is 1. The van der Waals surface area contributed by atoms with Crippen LogP contribution in [0.4, 0.5) is 17.2 Å². The van der Waals surface area contributed by atoms with Gasteiger partial charge in [-0.15, -0.1) is 6.42 Å². The van der Waals surface area contributed by atoms with Gasteiger partial charge >= 0.3 is 0 Å². The minimum absolute atomic E-state index is 0.0944. The number of nitrogens with one attached hydrogen (secondary N) is 2. The maximum atomic E-state index is 12.6. The van der Waals surface area contributed by atoms with Crippen LogP contribution >= 0.6 is 11.6 Å². The number of nitrogens with zero attached hydrogens (tertiary/aromatic N) is 3. The lowest BCUT2D eigenvalue weighted by Gasteiger charge is -2.17. The highest BCUT2D eigenvalue weighted by atomic mass is 35.5. The number of rotatable bonds is 8. The Bertz CT molecular complexity index is 1300. The van der Waals surface area contributed by atoms with Crippen molar-refractivity contribution in [3.8, 4) is 18.1 Å². The molecule has 1 atom stereocenters. The summed E-state index contributed by atoms with van der Waals surface area (Å²) in [7, 11) is 3.87. The van der Waals surface area contributed by atoms with Crippen molar-refractivity contribution in [1.82, 2.24) is 14.9 Å². The number of likely N-dealkylation sites (N-methyl/N-ethyl adjacent to an activating group) is 1. The second kappa shape index (κ2) is 11.2. The van der Waals surface area contributed by atoms with Gasteiger partial charge in [0.05, 0.1) is 29.4 Å². The van der Waals surface area contributed by atoms with Crippen molar-refractivity contribution in [2.75, 3.05) is 44.5 Å². The van der Waals surface area contributed by atoms with E-state index in [4.69, 9.17) is 27.5 Å². The summed E-state index contributed by atoms with van der Waals surface area (Å²) in [4.78, 5) is 23.4. The maximum absolute atomic E-state index is 12.6. The molecule has 2 N–H and O–H groups in total. The number of carbonyl (C=O) groups excluding carboxylic acids is 1. The Hall–Kier alpha value is -3.64. The van der Waals surface area contributed by atoms with Crippen LogP contribution in [0.25, 0.3) is 10.9 Å². The Labute approximate surface area is 209 Å². The fourth-order valence-electron chi connectivity index (χ4n) is 3.56. The topological polar surface area (TPSA) is 88.6 Å². The molecule has 0 spiro atoms. The lowest BCUT2D eigenvalue weighted by molar-refractivity contribution is -0.111. The van der Waals surface area contributed by atoms with Crippen molar-refractivity contribution in [3.05, 3.63) is 59.4 Å². The highest BCUT2D eigenvalue weighted by Crippen LogP contribution is 2.35. The predicted octanol–water partition coefficient (Wildman–Crippen LogP) is 4.23. The Balaban J connectivity index is 1.69. The largest absolute Gasteiger partial charge is 0.486 e. The molecule has 8 nitrogen and oxygen atoms in total. The number of ether oxygens (including phenoxy) is 2. The first kappa shape index (κ1) is 24.5. The Morgan fingerprint density at radius 1 is 1.34 bits per heavy atom. The Morgan fingerprint density at radius 3 is 2.94 bits per heavy atom. The quantitative estimate of drug-likeness (QED) is 0.360. The molecule has 1 aliphatic heterocycles. The number of aromatic nitrogens is 2. The van der Waals surface area contributed by atoms with Gasteiger partial charge in [-0.2, -0.15) is 0 Å². The molecule has 1 aliphatic rings. The normalized spacial score (nSPS) is 15.5. The first-order valence-electron chi connectivity index (χ1n) is 11.1. The zero-order chi connectivity index (χ0) is 24.8. The van der Waals surface area contributed by atoms with Crippen LogP contribution in [0.2, 0.25) is 5.02 Å². The average molecular weight is 492 g/mol. The van der Waals surface area contributed by atoms with E-state index >= 15 is 0 Å². The maximum Gasteiger partial charge on any atom is 0.248 e. The van der Waals surface area contributed by atoms with E-state index in [0.717, 1.165) is 12.1 Å². The molecule has 2 aromatic carbocycles. The number of fused-ring (bicyclic) bond motifs is 1. The molecule has 0 saturated carbocycles. The van der Waals surface area contributed by atoms with Gasteiger partial charge in [-0.25, -0.2) is 9.97 Å². The molecule has 1 aromatic heterocycles. The van der Waals surface area contributed by atoms with Crippen molar-refractivity contribution in [3.63, 3.8) is 0 Å². The van der Waals surface area contributed by atoms with E-state index in [1.807, 2.05) is 25.1 Å². The van der Waals surface area contributed by atoms with E-state index in [2.05, 4.69) is 26.5 Å². The minimum Gasteiger partial charge on any atom is -0.486 e. The van der Waals surface area contributed by atoms with Crippen molar-refractivity contribution < 1.29 is 14.3 Å². The third-order valence-electron chi connectivity index (χ3n) is 5.30. The van der Waals surface area contributed by atoms with Gasteiger partial charge in [0.25, 0.3) is 0 Å². The summed E-state index contributed by atoms with van der Waals surface area (Å²) in [6.45, 7) is 1.79. The average Bonchev–Trinajstić information content (AvgIpc) is 3.34. The molecular formula is C26H26ClN5O3. The van der Waals surface area contributed by atoms with Crippen molar-refractivity contribution in [2.45, 2.75) is 12.5 Å². The van der Waals surface area contributed by atoms with Crippen LogP contribution < -0.4 is 15.4 Å². The van der Waals surface area contributed by atoms with Crippen LogP contribution in [0.1, 0.15) is 12.0 Å². The van der Waals surface area contributed by atoms with Gasteiger partial charge in [0.1, 0.15) is 24.0 Å². The lowest BCUT2D eigenvalue weighted by atomic mass is 10.1. The number of hydrogen-bond acceptors (Lipinski definition) is 7. The second-order valence-corrected chi connectivity index (χ2v) is 8.72. The third-order valence-corrected chi connectivity index (χ3v) is 5.63. The fourth-order valence-corrected chi connectivity index (χ4v) is 3.73. The van der Waals surface area contributed by atoms with Gasteiger partial charge in [-0.1, -0.05) is 23.6 Å². The van der Waals surface area contributed by atoms with Crippen LogP contribution in [-0.2, 0) is 9.53 Å². The molecule has 35 heavy (non-hydrogen) atoms. The van der Waals surface area contributed by atoms with E-state index in [1.54, 1.807) is 30.3 Å². The summed E-state index contributed by atoms with van der Waals surface area (Å²) < 4.78 is 11.6. The SMILES string of the molecule is C#Cc1cc(Nc2ncnc3cc(OC4CCOC4)c(NC(=O)C=CCN(C)C)cc23)ccc1Cl. The molecule has 180 valence electrons. The van der Waals surface area contributed by atoms with E-state index in [-0.39, 0.29) is 12.0 Å². The number of hydrogen-bond donors (Lipinski definition) is 2. The number of anilines is 3. The Morgan fingerprint density at radius 2 is 2.20 bits per heavy atom. The summed E-state index contributed by atoms with van der Waals surface area (Å²) in [6.07, 6.45) is 11.0. The molecular weight excluding hydrogens is 466 g/mol. The highest BCUT2D eigenvalue weighted by molar-refractivity contribution is 6.31. The molecule has 1 unspecified atom stereocenters. The van der Waals surface area contributed by atoms with Crippen molar-refractivity contribution in [2.24, 2.45) is 0 Å². The number of halogens is 1.